The lowest BCUT2D eigenvalue weighted by atomic mass is 10.1. The molecule has 0 saturated carbocycles. The molecule has 2 aliphatic heterocycles. The zero-order chi connectivity index (χ0) is 12.4. The van der Waals surface area contributed by atoms with Gasteiger partial charge in [0.25, 0.3) is 0 Å². The third-order valence-corrected chi connectivity index (χ3v) is 5.28. The van der Waals surface area contributed by atoms with Crippen molar-refractivity contribution in [3.8, 4) is 0 Å². The van der Waals surface area contributed by atoms with Gasteiger partial charge in [0, 0.05) is 43.7 Å². The molecule has 1 aromatic carbocycles. The summed E-state index contributed by atoms with van der Waals surface area (Å²) in [4.78, 5) is 5.22. The predicted molar refractivity (Wildman–Crippen MR) is 80.7 cm³/mol. The van der Waals surface area contributed by atoms with Gasteiger partial charge in [0.05, 0.1) is 0 Å². The van der Waals surface area contributed by atoms with Crippen molar-refractivity contribution in [2.45, 2.75) is 19.4 Å². The summed E-state index contributed by atoms with van der Waals surface area (Å²) in [5.41, 5.74) is 2.74. The van der Waals surface area contributed by atoms with Crippen LogP contribution in [0.25, 0.3) is 0 Å². The summed E-state index contributed by atoms with van der Waals surface area (Å²) in [7, 11) is 0. The zero-order valence-electron chi connectivity index (χ0n) is 11.1. The van der Waals surface area contributed by atoms with Gasteiger partial charge in [0.1, 0.15) is 0 Å². The first-order chi connectivity index (χ1) is 8.83. The van der Waals surface area contributed by atoms with Gasteiger partial charge in [0.15, 0.2) is 0 Å². The number of anilines is 1. The lowest BCUT2D eigenvalue weighted by Gasteiger charge is -2.39. The Morgan fingerprint density at radius 2 is 1.78 bits per heavy atom. The van der Waals surface area contributed by atoms with E-state index in [0.29, 0.717) is 0 Å². The summed E-state index contributed by atoms with van der Waals surface area (Å²) < 4.78 is 0. The third-order valence-electron chi connectivity index (χ3n) is 4.14. The van der Waals surface area contributed by atoms with Crippen LogP contribution >= 0.6 is 11.8 Å². The van der Waals surface area contributed by atoms with Crippen molar-refractivity contribution < 1.29 is 0 Å². The Kier molecular flexibility index (Phi) is 3.80. The fraction of sp³-hybridized carbons (Fsp3) is 0.600. The van der Waals surface area contributed by atoms with E-state index in [0.717, 1.165) is 6.04 Å². The minimum atomic E-state index is 0.857. The molecule has 3 rings (SSSR count). The number of aryl methyl sites for hydroxylation is 1. The van der Waals surface area contributed by atoms with Gasteiger partial charge in [0.2, 0.25) is 0 Å². The Morgan fingerprint density at radius 1 is 1.06 bits per heavy atom. The Balaban J connectivity index is 1.57. The summed E-state index contributed by atoms with van der Waals surface area (Å²) in [5.74, 6) is 2.72. The van der Waals surface area contributed by atoms with Gasteiger partial charge in [-0.15, -0.1) is 0 Å². The highest BCUT2D eigenvalue weighted by Crippen LogP contribution is 2.24. The molecule has 0 amide bonds. The molecular weight excluding hydrogens is 240 g/mol. The molecule has 2 fully saturated rings. The van der Waals surface area contributed by atoms with Crippen molar-refractivity contribution >= 4 is 17.4 Å². The predicted octanol–water partition coefficient (Wildman–Crippen LogP) is 2.62. The molecule has 2 aliphatic rings. The summed E-state index contributed by atoms with van der Waals surface area (Å²) in [6.07, 6.45) is 1.40. The highest BCUT2D eigenvalue weighted by atomic mass is 32.2. The van der Waals surface area contributed by atoms with Gasteiger partial charge >= 0.3 is 0 Å². The molecule has 98 valence electrons. The van der Waals surface area contributed by atoms with Crippen LogP contribution in [-0.2, 0) is 0 Å². The number of piperazine rings is 1. The summed E-state index contributed by atoms with van der Waals surface area (Å²) >= 11 is 2.12. The first-order valence-corrected chi connectivity index (χ1v) is 8.12. The Labute approximate surface area is 114 Å². The second-order valence-corrected chi connectivity index (χ2v) is 6.53. The van der Waals surface area contributed by atoms with Crippen LogP contribution in [0.15, 0.2) is 24.3 Å². The monoisotopic (exact) mass is 262 g/mol. The van der Waals surface area contributed by atoms with Crippen LogP contribution in [0, 0.1) is 6.92 Å². The lowest BCUT2D eigenvalue weighted by Crippen LogP contribution is -2.50. The lowest BCUT2D eigenvalue weighted by molar-refractivity contribution is 0.201. The molecular formula is C15H22N2S. The van der Waals surface area contributed by atoms with Crippen LogP contribution in [0.5, 0.6) is 0 Å². The van der Waals surface area contributed by atoms with E-state index < -0.39 is 0 Å². The molecule has 0 spiro atoms. The first kappa shape index (κ1) is 12.4. The minimum absolute atomic E-state index is 0.857. The maximum atomic E-state index is 2.70. The summed E-state index contributed by atoms with van der Waals surface area (Å²) in [5, 5.41) is 0. The van der Waals surface area contributed by atoms with E-state index in [1.807, 2.05) is 0 Å². The molecule has 2 heterocycles. The van der Waals surface area contributed by atoms with Crippen LogP contribution in [0.3, 0.4) is 0 Å². The fourth-order valence-corrected chi connectivity index (χ4v) is 4.17. The van der Waals surface area contributed by atoms with Crippen molar-refractivity contribution in [2.24, 2.45) is 0 Å². The van der Waals surface area contributed by atoms with Crippen molar-refractivity contribution in [3.63, 3.8) is 0 Å². The number of rotatable bonds is 2. The zero-order valence-corrected chi connectivity index (χ0v) is 12.0. The maximum Gasteiger partial charge on any atom is 0.0367 e. The van der Waals surface area contributed by atoms with Gasteiger partial charge in [-0.25, -0.2) is 0 Å². The van der Waals surface area contributed by atoms with Crippen molar-refractivity contribution in [3.05, 3.63) is 29.8 Å². The molecule has 2 saturated heterocycles. The average Bonchev–Trinajstić information content (AvgIpc) is 2.94. The fourth-order valence-electron chi connectivity index (χ4n) is 2.91. The topological polar surface area (TPSA) is 6.48 Å². The summed E-state index contributed by atoms with van der Waals surface area (Å²) in [6, 6.07) is 9.81. The molecule has 0 aliphatic carbocycles. The van der Waals surface area contributed by atoms with E-state index in [4.69, 9.17) is 0 Å². The van der Waals surface area contributed by atoms with Gasteiger partial charge in [-0.1, -0.05) is 17.7 Å². The molecule has 1 atom stereocenters. The van der Waals surface area contributed by atoms with E-state index in [1.165, 1.54) is 55.4 Å². The van der Waals surface area contributed by atoms with Gasteiger partial charge < -0.3 is 4.90 Å². The molecule has 18 heavy (non-hydrogen) atoms. The molecule has 2 nitrogen and oxygen atoms in total. The van der Waals surface area contributed by atoms with Crippen LogP contribution in [0.4, 0.5) is 5.69 Å². The highest BCUT2D eigenvalue weighted by Gasteiger charge is 2.26. The standard InChI is InChI=1S/C15H22N2S/c1-13-2-4-14(5-3-13)16-7-9-17(10-8-16)15-6-11-18-12-15/h2-5,15H,6-12H2,1H3. The first-order valence-electron chi connectivity index (χ1n) is 6.96. The van der Waals surface area contributed by atoms with E-state index in [-0.39, 0.29) is 0 Å². The smallest absolute Gasteiger partial charge is 0.0367 e. The van der Waals surface area contributed by atoms with Crippen LogP contribution < -0.4 is 4.90 Å². The number of nitrogens with zero attached hydrogens (tertiary/aromatic N) is 2. The van der Waals surface area contributed by atoms with Crippen molar-refractivity contribution in [1.29, 1.82) is 0 Å². The molecule has 0 aromatic heterocycles. The van der Waals surface area contributed by atoms with Gasteiger partial charge in [-0.3, -0.25) is 4.90 Å². The molecule has 0 N–H and O–H groups in total. The number of thioether (sulfide) groups is 1. The molecule has 1 unspecified atom stereocenters. The van der Waals surface area contributed by atoms with Crippen LogP contribution in [0.2, 0.25) is 0 Å². The maximum absolute atomic E-state index is 2.70. The average molecular weight is 262 g/mol. The van der Waals surface area contributed by atoms with Crippen molar-refractivity contribution in [1.82, 2.24) is 4.90 Å². The quantitative estimate of drug-likeness (QED) is 0.809. The normalized spacial score (nSPS) is 25.6. The van der Waals surface area contributed by atoms with Gasteiger partial charge in [-0.2, -0.15) is 11.8 Å². The molecule has 0 bridgehead atoms. The van der Waals surface area contributed by atoms with Crippen molar-refractivity contribution in [2.75, 3.05) is 42.6 Å². The second-order valence-electron chi connectivity index (χ2n) is 5.38. The Morgan fingerprint density at radius 3 is 2.39 bits per heavy atom. The molecule has 0 radical (unpaired) electrons. The van der Waals surface area contributed by atoms with E-state index in [9.17, 15) is 0 Å². The van der Waals surface area contributed by atoms with E-state index in [2.05, 4.69) is 52.8 Å². The Hall–Kier alpha value is -0.670. The highest BCUT2D eigenvalue weighted by molar-refractivity contribution is 7.99. The molecule has 3 heteroatoms. The largest absolute Gasteiger partial charge is 0.369 e. The summed E-state index contributed by atoms with van der Waals surface area (Å²) in [6.45, 7) is 6.99. The van der Waals surface area contributed by atoms with Crippen LogP contribution in [0.1, 0.15) is 12.0 Å². The minimum Gasteiger partial charge on any atom is -0.369 e. The van der Waals surface area contributed by atoms with Gasteiger partial charge in [-0.05, 0) is 31.2 Å². The number of hydrogen-bond acceptors (Lipinski definition) is 3. The number of hydrogen-bond donors (Lipinski definition) is 0. The Bertz CT molecular complexity index is 376. The van der Waals surface area contributed by atoms with Crippen LogP contribution in [-0.4, -0.2) is 48.6 Å². The van der Waals surface area contributed by atoms with E-state index in [1.54, 1.807) is 0 Å². The SMILES string of the molecule is Cc1ccc(N2CCN(C3CCSC3)CC2)cc1. The molecule has 1 aromatic rings. The number of benzene rings is 1. The van der Waals surface area contributed by atoms with E-state index >= 15 is 0 Å². The third kappa shape index (κ3) is 2.67. The second kappa shape index (κ2) is 5.54.